The van der Waals surface area contributed by atoms with Gasteiger partial charge in [0.2, 0.25) is 18.6 Å². The number of piperazine rings is 1. The number of nitrogens with zero attached hydrogens (tertiary/aromatic N) is 5. The maximum Gasteiger partial charge on any atom is 0.332 e. The van der Waals surface area contributed by atoms with Gasteiger partial charge in [-0.3, -0.25) is 34.4 Å². The number of hydrogen-bond acceptors (Lipinski definition) is 9. The first-order valence-electron chi connectivity index (χ1n) is 12.0. The van der Waals surface area contributed by atoms with Crippen molar-refractivity contribution < 1.29 is 28.8 Å². The predicted molar refractivity (Wildman–Crippen MR) is 129 cm³/mol. The molecular formula is C25H25N5O7. The molecule has 0 unspecified atom stereocenters. The van der Waals surface area contributed by atoms with Crippen LogP contribution in [0.15, 0.2) is 36.4 Å². The van der Waals surface area contributed by atoms with E-state index in [1.54, 1.807) is 6.07 Å². The van der Waals surface area contributed by atoms with E-state index in [1.807, 2.05) is 23.1 Å². The van der Waals surface area contributed by atoms with Crippen LogP contribution in [0.5, 0.6) is 11.5 Å². The van der Waals surface area contributed by atoms with Crippen LogP contribution in [-0.2, 0) is 22.6 Å². The lowest BCUT2D eigenvalue weighted by Crippen LogP contribution is -2.74. The molecule has 0 saturated carbocycles. The average molecular weight is 508 g/mol. The van der Waals surface area contributed by atoms with Crippen molar-refractivity contribution in [1.82, 2.24) is 14.7 Å². The Morgan fingerprint density at radius 1 is 1.00 bits per heavy atom. The summed E-state index contributed by atoms with van der Waals surface area (Å²) in [4.78, 5) is 57.3. The molecule has 12 nitrogen and oxygen atoms in total. The minimum Gasteiger partial charge on any atom is -0.454 e. The highest BCUT2D eigenvalue weighted by atomic mass is 16.7. The van der Waals surface area contributed by atoms with Crippen molar-refractivity contribution in [2.24, 2.45) is 5.41 Å². The molecule has 1 spiro atoms. The summed E-state index contributed by atoms with van der Waals surface area (Å²) in [5, 5.41) is 11.5. The third-order valence-corrected chi connectivity index (χ3v) is 7.88. The van der Waals surface area contributed by atoms with E-state index in [1.165, 1.54) is 26.2 Å². The van der Waals surface area contributed by atoms with E-state index in [0.717, 1.165) is 21.1 Å². The third kappa shape index (κ3) is 3.35. The smallest absolute Gasteiger partial charge is 0.332 e. The Bertz CT molecular complexity index is 1340. The average Bonchev–Trinajstić information content (AvgIpc) is 3.37. The zero-order chi connectivity index (χ0) is 26.1. The molecule has 0 radical (unpaired) electrons. The maximum atomic E-state index is 13.8. The molecule has 2 aromatic rings. The first-order valence-corrected chi connectivity index (χ1v) is 12.0. The normalized spacial score (nSPS) is 22.4. The van der Waals surface area contributed by atoms with Crippen LogP contribution in [0.3, 0.4) is 0 Å². The van der Waals surface area contributed by atoms with Gasteiger partial charge in [-0.05, 0) is 29.3 Å². The molecule has 2 aromatic carbocycles. The van der Waals surface area contributed by atoms with E-state index >= 15 is 0 Å². The predicted octanol–water partition coefficient (Wildman–Crippen LogP) is 1.61. The summed E-state index contributed by atoms with van der Waals surface area (Å²) < 4.78 is 10.9. The van der Waals surface area contributed by atoms with Crippen molar-refractivity contribution in [3.05, 3.63) is 57.6 Å². The number of hydrogen-bond donors (Lipinski definition) is 0. The van der Waals surface area contributed by atoms with Crippen molar-refractivity contribution in [1.29, 1.82) is 0 Å². The van der Waals surface area contributed by atoms with E-state index < -0.39 is 34.2 Å². The lowest BCUT2D eigenvalue weighted by molar-refractivity contribution is -0.384. The van der Waals surface area contributed by atoms with Gasteiger partial charge in [0.25, 0.3) is 5.69 Å². The number of carbonyl (C=O) groups is 3. The van der Waals surface area contributed by atoms with Crippen LogP contribution in [-0.4, -0.2) is 84.0 Å². The number of imide groups is 2. The topological polar surface area (TPSA) is 126 Å². The Balaban J connectivity index is 1.40. The first kappa shape index (κ1) is 23.2. The number of nitro benzene ring substituents is 1. The quantitative estimate of drug-likeness (QED) is 0.346. The number of rotatable bonds is 3. The number of urea groups is 1. The Morgan fingerprint density at radius 3 is 2.46 bits per heavy atom. The van der Waals surface area contributed by atoms with Gasteiger partial charge in [-0.1, -0.05) is 6.07 Å². The van der Waals surface area contributed by atoms with Gasteiger partial charge < -0.3 is 14.4 Å². The summed E-state index contributed by atoms with van der Waals surface area (Å²) in [5.41, 5.74) is 0.624. The number of amides is 4. The summed E-state index contributed by atoms with van der Waals surface area (Å²) in [5.74, 6) is 0.204. The first-order chi connectivity index (χ1) is 17.7. The van der Waals surface area contributed by atoms with Crippen LogP contribution < -0.4 is 14.4 Å². The number of carbonyl (C=O) groups excluding carboxylic acids is 3. The molecule has 4 heterocycles. The second kappa shape index (κ2) is 8.17. The van der Waals surface area contributed by atoms with Crippen molar-refractivity contribution >= 4 is 29.2 Å². The highest BCUT2D eigenvalue weighted by Gasteiger charge is 2.63. The second-order valence-corrected chi connectivity index (χ2v) is 9.86. The van der Waals surface area contributed by atoms with Gasteiger partial charge in [0.15, 0.2) is 16.9 Å². The molecule has 6 rings (SSSR count). The highest BCUT2D eigenvalue weighted by molar-refractivity contribution is 6.20. The molecule has 192 valence electrons. The lowest BCUT2D eigenvalue weighted by Gasteiger charge is -2.56. The second-order valence-electron chi connectivity index (χ2n) is 9.86. The van der Waals surface area contributed by atoms with Crippen molar-refractivity contribution in [2.75, 3.05) is 45.4 Å². The highest BCUT2D eigenvalue weighted by Crippen LogP contribution is 2.47. The Hall–Kier alpha value is -4.19. The van der Waals surface area contributed by atoms with Crippen LogP contribution in [0, 0.1) is 15.5 Å². The molecule has 0 aromatic heterocycles. The molecule has 1 atom stereocenters. The molecule has 0 bridgehead atoms. The summed E-state index contributed by atoms with van der Waals surface area (Å²) in [6.07, 6.45) is -0.0251. The van der Waals surface area contributed by atoms with Gasteiger partial charge in [0.05, 0.1) is 11.0 Å². The molecule has 0 aliphatic carbocycles. The number of nitro groups is 1. The van der Waals surface area contributed by atoms with Gasteiger partial charge >= 0.3 is 6.03 Å². The molecule has 2 fully saturated rings. The van der Waals surface area contributed by atoms with Gasteiger partial charge in [-0.25, -0.2) is 4.79 Å². The molecule has 4 aliphatic heterocycles. The number of fused-ring (bicyclic) bond motifs is 5. The zero-order valence-corrected chi connectivity index (χ0v) is 20.4. The number of ether oxygens (including phenoxy) is 2. The van der Waals surface area contributed by atoms with Crippen LogP contribution in [0.4, 0.5) is 16.2 Å². The monoisotopic (exact) mass is 507 g/mol. The molecule has 12 heteroatoms. The minimum atomic E-state index is -1.59. The van der Waals surface area contributed by atoms with E-state index in [0.29, 0.717) is 43.2 Å². The van der Waals surface area contributed by atoms with E-state index in [9.17, 15) is 24.5 Å². The number of benzene rings is 2. The standard InChI is InChI=1S/C25H25N5O7/c1-26-22(31)25(23(32)27(2)24(26)33)11-16-10-17(30(34)35)4-5-18(16)29-8-7-28(13-21(25)29)12-15-3-6-19-20(9-15)37-14-36-19/h3-6,9-10,21H,7-8,11-14H2,1-2H3/t21-/m0/s1. The van der Waals surface area contributed by atoms with Crippen molar-refractivity contribution in [3.63, 3.8) is 0 Å². The maximum absolute atomic E-state index is 13.8. The minimum absolute atomic E-state index is 0.0251. The van der Waals surface area contributed by atoms with Gasteiger partial charge in [0.1, 0.15) is 0 Å². The van der Waals surface area contributed by atoms with Crippen LogP contribution in [0.1, 0.15) is 11.1 Å². The van der Waals surface area contributed by atoms with Crippen LogP contribution >= 0.6 is 0 Å². The van der Waals surface area contributed by atoms with Crippen molar-refractivity contribution in [3.8, 4) is 11.5 Å². The molecular weight excluding hydrogens is 482 g/mol. The largest absolute Gasteiger partial charge is 0.454 e. The zero-order valence-electron chi connectivity index (χ0n) is 20.4. The van der Waals surface area contributed by atoms with E-state index in [4.69, 9.17) is 9.47 Å². The summed E-state index contributed by atoms with van der Waals surface area (Å²) in [6.45, 7) is 2.28. The van der Waals surface area contributed by atoms with Gasteiger partial charge in [-0.15, -0.1) is 0 Å². The number of anilines is 1. The van der Waals surface area contributed by atoms with Gasteiger partial charge in [0, 0.05) is 64.5 Å². The Morgan fingerprint density at radius 2 is 1.73 bits per heavy atom. The summed E-state index contributed by atoms with van der Waals surface area (Å²) in [6, 6.07) is 9.06. The van der Waals surface area contributed by atoms with E-state index in [-0.39, 0.29) is 18.9 Å². The van der Waals surface area contributed by atoms with Crippen LogP contribution in [0.25, 0.3) is 0 Å². The Labute approximate surface area is 212 Å². The van der Waals surface area contributed by atoms with E-state index in [2.05, 4.69) is 4.90 Å². The van der Waals surface area contributed by atoms with Crippen LogP contribution in [0.2, 0.25) is 0 Å². The lowest BCUT2D eigenvalue weighted by atomic mass is 9.67. The van der Waals surface area contributed by atoms with Gasteiger partial charge in [-0.2, -0.15) is 0 Å². The molecule has 2 saturated heterocycles. The fourth-order valence-corrected chi connectivity index (χ4v) is 6.04. The fourth-order valence-electron chi connectivity index (χ4n) is 6.04. The fraction of sp³-hybridized carbons (Fsp3) is 0.400. The molecule has 4 aliphatic rings. The Kier molecular flexibility index (Phi) is 5.13. The third-order valence-electron chi connectivity index (χ3n) is 7.88. The van der Waals surface area contributed by atoms with Crippen molar-refractivity contribution in [2.45, 2.75) is 19.0 Å². The molecule has 4 amide bonds. The summed E-state index contributed by atoms with van der Waals surface area (Å²) in [7, 11) is 2.74. The summed E-state index contributed by atoms with van der Waals surface area (Å²) >= 11 is 0. The molecule has 0 N–H and O–H groups in total. The number of barbiturate groups is 1. The molecule has 37 heavy (non-hydrogen) atoms. The number of non-ortho nitro benzene ring substituents is 1. The SMILES string of the molecule is CN1C(=O)N(C)C(=O)C2(Cc3cc([N+](=O)[O-])ccc3N3CCN(Cc4ccc5c(c4)OCO5)C[C@H]32)C1=O.